The lowest BCUT2D eigenvalue weighted by atomic mass is 9.98. The fraction of sp³-hybridized carbons (Fsp3) is 0.185. The number of amides is 1. The van der Waals surface area contributed by atoms with Gasteiger partial charge in [-0.25, -0.2) is 0 Å². The number of hydrogen-bond acceptors (Lipinski definition) is 4. The molecule has 0 N–H and O–H groups in total. The first kappa shape index (κ1) is 21.3. The van der Waals surface area contributed by atoms with Crippen LogP contribution in [-0.4, -0.2) is 24.5 Å². The average Bonchev–Trinajstić information content (AvgIpc) is 3.12. The van der Waals surface area contributed by atoms with Gasteiger partial charge in [0.25, 0.3) is 5.91 Å². The molecule has 6 heteroatoms. The molecule has 0 radical (unpaired) electrons. The molecule has 1 unspecified atom stereocenters. The van der Waals surface area contributed by atoms with E-state index in [4.69, 9.17) is 20.8 Å². The molecule has 33 heavy (non-hydrogen) atoms. The molecule has 1 atom stereocenters. The fourth-order valence-corrected chi connectivity index (χ4v) is 4.56. The van der Waals surface area contributed by atoms with Crippen LogP contribution < -0.4 is 10.2 Å². The van der Waals surface area contributed by atoms with Crippen LogP contribution in [-0.2, 0) is 6.42 Å². The molecule has 4 aromatic rings. The molecule has 3 aromatic carbocycles. The van der Waals surface area contributed by atoms with E-state index >= 15 is 0 Å². The number of methoxy groups -OCH3 is 1. The molecule has 0 bridgehead atoms. The molecular formula is C27H22ClNO4. The van der Waals surface area contributed by atoms with Crippen LogP contribution in [0.3, 0.4) is 0 Å². The van der Waals surface area contributed by atoms with E-state index in [1.807, 2.05) is 61.5 Å². The molecular weight excluding hydrogens is 438 g/mol. The van der Waals surface area contributed by atoms with E-state index < -0.39 is 6.04 Å². The minimum atomic E-state index is -0.521. The van der Waals surface area contributed by atoms with Crippen LogP contribution in [0.25, 0.3) is 11.0 Å². The fourth-order valence-electron chi connectivity index (χ4n) is 4.40. The first-order chi connectivity index (χ1) is 16.0. The SMILES string of the molecule is COc1ccc(CCN2C(=O)c3oc4cc(C)c(Cl)cc4c(=O)c3C2c2ccccc2)cc1. The minimum Gasteiger partial charge on any atom is -0.497 e. The molecule has 1 aliphatic heterocycles. The second kappa shape index (κ2) is 8.41. The zero-order valence-electron chi connectivity index (χ0n) is 18.3. The van der Waals surface area contributed by atoms with E-state index in [1.54, 1.807) is 24.1 Å². The van der Waals surface area contributed by atoms with Gasteiger partial charge in [0.2, 0.25) is 5.76 Å². The van der Waals surface area contributed by atoms with Gasteiger partial charge in [0.15, 0.2) is 5.43 Å². The predicted octanol–water partition coefficient (Wildman–Crippen LogP) is 5.55. The molecule has 0 spiro atoms. The van der Waals surface area contributed by atoms with Crippen molar-refractivity contribution < 1.29 is 13.9 Å². The molecule has 0 saturated heterocycles. The Morgan fingerprint density at radius 2 is 1.76 bits per heavy atom. The Kier molecular flexibility index (Phi) is 5.43. The Hall–Kier alpha value is -3.57. The van der Waals surface area contributed by atoms with Crippen LogP contribution in [0, 0.1) is 6.92 Å². The highest BCUT2D eigenvalue weighted by Gasteiger charge is 2.42. The van der Waals surface area contributed by atoms with Crippen molar-refractivity contribution in [3.05, 3.63) is 110 Å². The van der Waals surface area contributed by atoms with Crippen LogP contribution in [0.5, 0.6) is 5.75 Å². The van der Waals surface area contributed by atoms with E-state index in [2.05, 4.69) is 0 Å². The molecule has 0 fully saturated rings. The van der Waals surface area contributed by atoms with Gasteiger partial charge in [-0.2, -0.15) is 0 Å². The smallest absolute Gasteiger partial charge is 0.290 e. The molecule has 1 aromatic heterocycles. The normalized spacial score (nSPS) is 15.2. The third-order valence-corrected chi connectivity index (χ3v) is 6.57. The van der Waals surface area contributed by atoms with Gasteiger partial charge in [0, 0.05) is 11.6 Å². The number of carbonyl (C=O) groups is 1. The molecule has 2 heterocycles. The monoisotopic (exact) mass is 459 g/mol. The molecule has 1 aliphatic rings. The first-order valence-corrected chi connectivity index (χ1v) is 11.1. The highest BCUT2D eigenvalue weighted by atomic mass is 35.5. The molecule has 166 valence electrons. The molecule has 0 aliphatic carbocycles. The highest BCUT2D eigenvalue weighted by Crippen LogP contribution is 2.38. The van der Waals surface area contributed by atoms with E-state index in [0.717, 1.165) is 22.4 Å². The predicted molar refractivity (Wildman–Crippen MR) is 128 cm³/mol. The van der Waals surface area contributed by atoms with Crippen molar-refractivity contribution in [1.29, 1.82) is 0 Å². The summed E-state index contributed by atoms with van der Waals surface area (Å²) in [7, 11) is 1.63. The van der Waals surface area contributed by atoms with E-state index in [0.29, 0.717) is 34.5 Å². The van der Waals surface area contributed by atoms with Crippen LogP contribution in [0.1, 0.15) is 38.9 Å². The number of rotatable bonds is 5. The van der Waals surface area contributed by atoms with Gasteiger partial charge in [0.05, 0.1) is 24.1 Å². The van der Waals surface area contributed by atoms with Gasteiger partial charge < -0.3 is 14.1 Å². The Morgan fingerprint density at radius 1 is 1.03 bits per heavy atom. The average molecular weight is 460 g/mol. The van der Waals surface area contributed by atoms with E-state index in [9.17, 15) is 9.59 Å². The van der Waals surface area contributed by atoms with Crippen LogP contribution in [0.4, 0.5) is 0 Å². The second-order valence-corrected chi connectivity index (χ2v) is 8.59. The quantitative estimate of drug-likeness (QED) is 0.392. The molecule has 5 nitrogen and oxygen atoms in total. The third kappa shape index (κ3) is 3.68. The van der Waals surface area contributed by atoms with Crippen LogP contribution >= 0.6 is 11.6 Å². The summed E-state index contributed by atoms with van der Waals surface area (Å²) in [5.41, 5.74) is 3.24. The van der Waals surface area contributed by atoms with E-state index in [1.165, 1.54) is 0 Å². The lowest BCUT2D eigenvalue weighted by molar-refractivity contribution is 0.0730. The maximum absolute atomic E-state index is 13.6. The number of hydrogen-bond donors (Lipinski definition) is 0. The maximum Gasteiger partial charge on any atom is 0.290 e. The zero-order valence-corrected chi connectivity index (χ0v) is 19.1. The van der Waals surface area contributed by atoms with Crippen molar-refractivity contribution in [3.8, 4) is 5.75 Å². The number of ether oxygens (including phenoxy) is 1. The number of aryl methyl sites for hydroxylation is 1. The Morgan fingerprint density at radius 3 is 2.45 bits per heavy atom. The number of benzene rings is 3. The van der Waals surface area contributed by atoms with E-state index in [-0.39, 0.29) is 17.1 Å². The topological polar surface area (TPSA) is 59.8 Å². The summed E-state index contributed by atoms with van der Waals surface area (Å²) >= 11 is 6.29. The summed E-state index contributed by atoms with van der Waals surface area (Å²) < 4.78 is 11.3. The summed E-state index contributed by atoms with van der Waals surface area (Å²) in [4.78, 5) is 28.8. The Bertz CT molecular complexity index is 1410. The molecule has 5 rings (SSSR count). The lowest BCUT2D eigenvalue weighted by Gasteiger charge is -2.25. The van der Waals surface area contributed by atoms with Gasteiger partial charge in [-0.05, 0) is 54.3 Å². The highest BCUT2D eigenvalue weighted by molar-refractivity contribution is 6.32. The summed E-state index contributed by atoms with van der Waals surface area (Å²) in [6, 6.07) is 20.2. The minimum absolute atomic E-state index is 0.109. The van der Waals surface area contributed by atoms with Crippen molar-refractivity contribution in [2.24, 2.45) is 0 Å². The summed E-state index contributed by atoms with van der Waals surface area (Å²) in [5, 5.41) is 0.877. The standard InChI is InChI=1S/C27H22ClNO4/c1-16-14-22-20(15-21(16)28)25(30)23-24(18-6-4-3-5-7-18)29(27(31)26(23)33-22)13-12-17-8-10-19(32-2)11-9-17/h3-11,14-15,24H,12-13H2,1-2H3. The third-order valence-electron chi connectivity index (χ3n) is 6.16. The lowest BCUT2D eigenvalue weighted by Crippen LogP contribution is -2.31. The van der Waals surface area contributed by atoms with Crippen molar-refractivity contribution in [3.63, 3.8) is 0 Å². The maximum atomic E-state index is 13.6. The van der Waals surface area contributed by atoms with Gasteiger partial charge in [-0.1, -0.05) is 54.1 Å². The van der Waals surface area contributed by atoms with Gasteiger partial charge in [0.1, 0.15) is 11.3 Å². The summed E-state index contributed by atoms with van der Waals surface area (Å²) in [5.74, 6) is 0.609. The number of fused-ring (bicyclic) bond motifs is 2. The Labute approximate surface area is 196 Å². The van der Waals surface area contributed by atoms with Crippen molar-refractivity contribution in [2.75, 3.05) is 13.7 Å². The van der Waals surface area contributed by atoms with Gasteiger partial charge in [-0.15, -0.1) is 0 Å². The Balaban J connectivity index is 1.60. The summed E-state index contributed by atoms with van der Waals surface area (Å²) in [6.07, 6.45) is 0.631. The molecule has 1 amide bonds. The first-order valence-electron chi connectivity index (χ1n) is 10.7. The van der Waals surface area contributed by atoms with Crippen molar-refractivity contribution in [2.45, 2.75) is 19.4 Å². The van der Waals surface area contributed by atoms with Crippen LogP contribution in [0.2, 0.25) is 5.02 Å². The van der Waals surface area contributed by atoms with Crippen molar-refractivity contribution >= 4 is 28.5 Å². The largest absolute Gasteiger partial charge is 0.497 e. The number of nitrogens with zero attached hydrogens (tertiary/aromatic N) is 1. The van der Waals surface area contributed by atoms with Crippen molar-refractivity contribution in [1.82, 2.24) is 4.90 Å². The van der Waals surface area contributed by atoms with Crippen LogP contribution in [0.15, 0.2) is 75.9 Å². The van der Waals surface area contributed by atoms with Gasteiger partial charge >= 0.3 is 0 Å². The second-order valence-electron chi connectivity index (χ2n) is 8.18. The van der Waals surface area contributed by atoms with Gasteiger partial charge in [-0.3, -0.25) is 9.59 Å². The summed E-state index contributed by atoms with van der Waals surface area (Å²) in [6.45, 7) is 2.27. The zero-order chi connectivity index (χ0) is 23.1. The number of halogens is 1. The number of carbonyl (C=O) groups excluding carboxylic acids is 1. The molecule has 0 saturated carbocycles.